The molecule has 3 aliphatic rings. The van der Waals surface area contributed by atoms with Gasteiger partial charge in [0.05, 0.1) is 0 Å². The van der Waals surface area contributed by atoms with Crippen LogP contribution in [0.25, 0.3) is 0 Å². The average molecular weight is 206 g/mol. The molecule has 0 saturated heterocycles. The van der Waals surface area contributed by atoms with Crippen molar-refractivity contribution in [3.05, 3.63) is 0 Å². The van der Waals surface area contributed by atoms with Crippen LogP contribution in [0.15, 0.2) is 0 Å². The van der Waals surface area contributed by atoms with Crippen LogP contribution in [-0.2, 0) is 0 Å². The molecule has 0 heterocycles. The van der Waals surface area contributed by atoms with Gasteiger partial charge in [-0.05, 0) is 48.3 Å². The van der Waals surface area contributed by atoms with E-state index in [1.54, 1.807) is 25.7 Å². The second-order valence-corrected chi connectivity index (χ2v) is 6.68. The molecule has 5 atom stereocenters. The second kappa shape index (κ2) is 3.79. The Morgan fingerprint density at radius 1 is 0.667 bits per heavy atom. The van der Waals surface area contributed by atoms with E-state index in [1.807, 2.05) is 0 Å². The molecule has 86 valence electrons. The quantitative estimate of drug-likeness (QED) is 0.593. The second-order valence-electron chi connectivity index (χ2n) is 6.68. The standard InChI is InChI=1S/C15H26/c1-10-11(2)14-8-13(10)9-15(14)12-6-4-3-5-7-12/h10-15H,3-9H2,1-2H3. The molecule has 0 N–H and O–H groups in total. The molecule has 0 aromatic heterocycles. The maximum Gasteiger partial charge on any atom is -0.0352 e. The van der Waals surface area contributed by atoms with Gasteiger partial charge in [-0.3, -0.25) is 0 Å². The van der Waals surface area contributed by atoms with Crippen molar-refractivity contribution in [1.29, 1.82) is 0 Å². The lowest BCUT2D eigenvalue weighted by Crippen LogP contribution is -2.30. The molecule has 0 heteroatoms. The summed E-state index contributed by atoms with van der Waals surface area (Å²) in [6, 6.07) is 0. The highest BCUT2D eigenvalue weighted by Gasteiger charge is 2.50. The van der Waals surface area contributed by atoms with E-state index >= 15 is 0 Å². The van der Waals surface area contributed by atoms with Gasteiger partial charge in [-0.1, -0.05) is 46.0 Å². The average Bonchev–Trinajstić information content (AvgIpc) is 2.82. The normalized spacial score (nSPS) is 51.2. The highest BCUT2D eigenvalue weighted by molar-refractivity contribution is 4.99. The Morgan fingerprint density at radius 2 is 1.33 bits per heavy atom. The molecule has 5 unspecified atom stereocenters. The molecule has 3 fully saturated rings. The van der Waals surface area contributed by atoms with E-state index in [0.29, 0.717) is 0 Å². The van der Waals surface area contributed by atoms with Crippen LogP contribution >= 0.6 is 0 Å². The molecule has 0 nitrogen and oxygen atoms in total. The third-order valence-electron chi connectivity index (χ3n) is 6.20. The number of hydrogen-bond acceptors (Lipinski definition) is 0. The molecule has 0 aromatic carbocycles. The van der Waals surface area contributed by atoms with E-state index in [1.165, 1.54) is 19.3 Å². The summed E-state index contributed by atoms with van der Waals surface area (Å²) in [5.74, 6) is 6.57. The SMILES string of the molecule is CC1C2CC(C3CCCCC3)C(C2)C1C. The van der Waals surface area contributed by atoms with Crippen molar-refractivity contribution in [3.63, 3.8) is 0 Å². The molecule has 0 radical (unpaired) electrons. The molecule has 3 rings (SSSR count). The lowest BCUT2D eigenvalue weighted by atomic mass is 9.67. The summed E-state index contributed by atoms with van der Waals surface area (Å²) in [6.45, 7) is 5.04. The third-order valence-corrected chi connectivity index (χ3v) is 6.20. The van der Waals surface area contributed by atoms with Gasteiger partial charge in [0.25, 0.3) is 0 Å². The van der Waals surface area contributed by atoms with Crippen LogP contribution in [0, 0.1) is 35.5 Å². The Hall–Kier alpha value is 0. The van der Waals surface area contributed by atoms with Gasteiger partial charge >= 0.3 is 0 Å². The Bertz CT molecular complexity index is 224. The fourth-order valence-electron chi connectivity index (χ4n) is 5.10. The van der Waals surface area contributed by atoms with Crippen LogP contribution in [0.5, 0.6) is 0 Å². The van der Waals surface area contributed by atoms with E-state index in [0.717, 1.165) is 35.5 Å². The lowest BCUT2D eigenvalue weighted by Gasteiger charge is -2.38. The summed E-state index contributed by atoms with van der Waals surface area (Å²) < 4.78 is 0. The Balaban J connectivity index is 1.69. The first-order valence-electron chi connectivity index (χ1n) is 7.27. The maximum absolute atomic E-state index is 2.53. The fraction of sp³-hybridized carbons (Fsp3) is 1.00. The number of rotatable bonds is 1. The van der Waals surface area contributed by atoms with Crippen molar-refractivity contribution < 1.29 is 0 Å². The van der Waals surface area contributed by atoms with Crippen molar-refractivity contribution in [2.45, 2.75) is 58.8 Å². The van der Waals surface area contributed by atoms with Crippen LogP contribution in [0.4, 0.5) is 0 Å². The highest BCUT2D eigenvalue weighted by Crippen LogP contribution is 2.58. The first kappa shape index (κ1) is 10.2. The lowest BCUT2D eigenvalue weighted by molar-refractivity contribution is 0.114. The largest absolute Gasteiger partial charge is 0.0620 e. The summed E-state index contributed by atoms with van der Waals surface area (Å²) in [7, 11) is 0. The molecule has 3 aliphatic carbocycles. The van der Waals surface area contributed by atoms with Crippen LogP contribution in [0.3, 0.4) is 0 Å². The Morgan fingerprint density at radius 3 is 1.93 bits per heavy atom. The summed E-state index contributed by atoms with van der Waals surface area (Å²) >= 11 is 0. The zero-order valence-corrected chi connectivity index (χ0v) is 10.4. The Kier molecular flexibility index (Phi) is 2.57. The topological polar surface area (TPSA) is 0 Å². The molecule has 0 aromatic rings. The molecule has 0 spiro atoms. The van der Waals surface area contributed by atoms with Crippen molar-refractivity contribution in [2.75, 3.05) is 0 Å². The highest BCUT2D eigenvalue weighted by atomic mass is 14.6. The van der Waals surface area contributed by atoms with Gasteiger partial charge in [0.2, 0.25) is 0 Å². The molecule has 0 amide bonds. The molecule has 0 aliphatic heterocycles. The van der Waals surface area contributed by atoms with E-state index < -0.39 is 0 Å². The smallest absolute Gasteiger partial charge is 0.0352 e. The van der Waals surface area contributed by atoms with E-state index in [-0.39, 0.29) is 0 Å². The monoisotopic (exact) mass is 206 g/mol. The van der Waals surface area contributed by atoms with E-state index in [9.17, 15) is 0 Å². The minimum absolute atomic E-state index is 1.04. The summed E-state index contributed by atoms with van der Waals surface area (Å²) in [6.07, 6.45) is 10.9. The molecule has 2 bridgehead atoms. The molecular formula is C15H26. The maximum atomic E-state index is 2.53. The van der Waals surface area contributed by atoms with Crippen LogP contribution in [-0.4, -0.2) is 0 Å². The summed E-state index contributed by atoms with van der Waals surface area (Å²) in [5, 5.41) is 0. The fourth-order valence-corrected chi connectivity index (χ4v) is 5.10. The summed E-state index contributed by atoms with van der Waals surface area (Å²) in [4.78, 5) is 0. The zero-order valence-electron chi connectivity index (χ0n) is 10.4. The van der Waals surface area contributed by atoms with Crippen molar-refractivity contribution >= 4 is 0 Å². The van der Waals surface area contributed by atoms with Crippen LogP contribution in [0.2, 0.25) is 0 Å². The van der Waals surface area contributed by atoms with Crippen LogP contribution in [0.1, 0.15) is 58.8 Å². The van der Waals surface area contributed by atoms with Gasteiger partial charge in [0.15, 0.2) is 0 Å². The molecule has 3 saturated carbocycles. The molecule has 15 heavy (non-hydrogen) atoms. The van der Waals surface area contributed by atoms with Gasteiger partial charge in [0.1, 0.15) is 0 Å². The first-order valence-corrected chi connectivity index (χ1v) is 7.27. The predicted octanol–water partition coefficient (Wildman–Crippen LogP) is 4.49. The van der Waals surface area contributed by atoms with Crippen LogP contribution < -0.4 is 0 Å². The first-order chi connectivity index (χ1) is 7.27. The summed E-state index contributed by atoms with van der Waals surface area (Å²) in [5.41, 5.74) is 0. The third kappa shape index (κ3) is 1.56. The van der Waals surface area contributed by atoms with Gasteiger partial charge < -0.3 is 0 Å². The van der Waals surface area contributed by atoms with Crippen molar-refractivity contribution in [2.24, 2.45) is 35.5 Å². The van der Waals surface area contributed by atoms with E-state index in [4.69, 9.17) is 0 Å². The molecular weight excluding hydrogens is 180 g/mol. The Labute approximate surface area is 94.8 Å². The van der Waals surface area contributed by atoms with Crippen molar-refractivity contribution in [3.8, 4) is 0 Å². The van der Waals surface area contributed by atoms with Crippen molar-refractivity contribution in [1.82, 2.24) is 0 Å². The minimum atomic E-state index is 1.04. The van der Waals surface area contributed by atoms with Gasteiger partial charge in [-0.15, -0.1) is 0 Å². The number of fused-ring (bicyclic) bond motifs is 2. The zero-order chi connectivity index (χ0) is 10.4. The predicted molar refractivity (Wildman–Crippen MR) is 64.6 cm³/mol. The van der Waals surface area contributed by atoms with E-state index in [2.05, 4.69) is 13.8 Å². The number of hydrogen-bond donors (Lipinski definition) is 0. The van der Waals surface area contributed by atoms with Gasteiger partial charge in [-0.2, -0.15) is 0 Å². The van der Waals surface area contributed by atoms with Gasteiger partial charge in [-0.25, -0.2) is 0 Å². The minimum Gasteiger partial charge on any atom is -0.0620 e. The van der Waals surface area contributed by atoms with Gasteiger partial charge in [0, 0.05) is 0 Å².